The molecule has 3 nitrogen and oxygen atoms in total. The van der Waals surface area contributed by atoms with Gasteiger partial charge in [0.1, 0.15) is 28.8 Å². The Kier molecular flexibility index (Phi) is 3.67. The van der Waals surface area contributed by atoms with Gasteiger partial charge < -0.3 is 14.2 Å². The van der Waals surface area contributed by atoms with Gasteiger partial charge in [-0.05, 0) is 24.3 Å². The average Bonchev–Trinajstić information content (AvgIpc) is 2.41. The minimum absolute atomic E-state index is 0.300. The van der Waals surface area contributed by atoms with Gasteiger partial charge in [0.15, 0.2) is 0 Å². The summed E-state index contributed by atoms with van der Waals surface area (Å²) in [5.41, 5.74) is 0. The molecular weight excluding hydrogens is 235 g/mol. The zero-order valence-corrected chi connectivity index (χ0v) is 10.1. The van der Waals surface area contributed by atoms with Gasteiger partial charge in [-0.1, -0.05) is 0 Å². The van der Waals surface area contributed by atoms with Crippen LogP contribution in [-0.4, -0.2) is 14.2 Å². The van der Waals surface area contributed by atoms with Crippen LogP contribution in [0.15, 0.2) is 42.5 Å². The molecule has 2 aromatic rings. The molecule has 0 spiro atoms. The van der Waals surface area contributed by atoms with Crippen LogP contribution in [-0.2, 0) is 0 Å². The molecule has 0 aliphatic carbocycles. The summed E-state index contributed by atoms with van der Waals surface area (Å²) in [6, 6.07) is 11.0. The van der Waals surface area contributed by atoms with Crippen molar-refractivity contribution in [2.75, 3.05) is 14.2 Å². The molecule has 0 unspecified atom stereocenters. The van der Waals surface area contributed by atoms with Crippen molar-refractivity contribution >= 4 is 0 Å². The fourth-order valence-corrected chi connectivity index (χ4v) is 1.48. The van der Waals surface area contributed by atoms with E-state index in [9.17, 15) is 4.39 Å². The zero-order valence-electron chi connectivity index (χ0n) is 10.1. The van der Waals surface area contributed by atoms with E-state index in [0.29, 0.717) is 23.0 Å². The fourth-order valence-electron chi connectivity index (χ4n) is 1.48. The first-order valence-electron chi connectivity index (χ1n) is 5.38. The second-order valence-corrected chi connectivity index (χ2v) is 3.60. The maximum atomic E-state index is 12.8. The number of halogens is 1. The van der Waals surface area contributed by atoms with Crippen molar-refractivity contribution in [1.29, 1.82) is 0 Å². The van der Waals surface area contributed by atoms with Gasteiger partial charge in [0.05, 0.1) is 14.2 Å². The van der Waals surface area contributed by atoms with E-state index in [1.807, 2.05) is 0 Å². The van der Waals surface area contributed by atoms with E-state index in [1.54, 1.807) is 44.6 Å². The van der Waals surface area contributed by atoms with Crippen LogP contribution in [0.1, 0.15) is 0 Å². The summed E-state index contributed by atoms with van der Waals surface area (Å²) >= 11 is 0. The van der Waals surface area contributed by atoms with Crippen LogP contribution < -0.4 is 14.2 Å². The van der Waals surface area contributed by atoms with E-state index in [4.69, 9.17) is 14.2 Å². The lowest BCUT2D eigenvalue weighted by atomic mass is 10.3. The number of ether oxygens (including phenoxy) is 3. The first-order valence-corrected chi connectivity index (χ1v) is 5.38. The molecule has 18 heavy (non-hydrogen) atoms. The molecule has 0 atom stereocenters. The molecule has 4 heteroatoms. The number of benzene rings is 2. The predicted molar refractivity (Wildman–Crippen MR) is 66.0 cm³/mol. The maximum Gasteiger partial charge on any atom is 0.134 e. The second kappa shape index (κ2) is 5.40. The predicted octanol–water partition coefficient (Wildman–Crippen LogP) is 3.64. The Hall–Kier alpha value is -2.23. The molecule has 0 radical (unpaired) electrons. The summed E-state index contributed by atoms with van der Waals surface area (Å²) in [7, 11) is 3.13. The fraction of sp³-hybridized carbons (Fsp3) is 0.143. The van der Waals surface area contributed by atoms with E-state index in [2.05, 4.69) is 0 Å². The Morgan fingerprint density at radius 1 is 0.722 bits per heavy atom. The van der Waals surface area contributed by atoms with Crippen LogP contribution in [0, 0.1) is 5.82 Å². The van der Waals surface area contributed by atoms with Crippen LogP contribution >= 0.6 is 0 Å². The number of methoxy groups -OCH3 is 2. The van der Waals surface area contributed by atoms with Crippen LogP contribution in [0.25, 0.3) is 0 Å². The quantitative estimate of drug-likeness (QED) is 0.826. The molecule has 0 heterocycles. The van der Waals surface area contributed by atoms with Crippen molar-refractivity contribution < 1.29 is 18.6 Å². The van der Waals surface area contributed by atoms with Gasteiger partial charge in [0.25, 0.3) is 0 Å². The number of rotatable bonds is 4. The number of hydrogen-bond donors (Lipinski definition) is 0. The first-order chi connectivity index (χ1) is 8.71. The molecule has 94 valence electrons. The van der Waals surface area contributed by atoms with Crippen molar-refractivity contribution in [3.8, 4) is 23.0 Å². The van der Waals surface area contributed by atoms with Crippen LogP contribution in [0.4, 0.5) is 4.39 Å². The standard InChI is InChI=1S/C14H13FO3/c1-16-12-7-13(17-2)9-14(8-12)18-11-5-3-10(15)4-6-11/h3-9H,1-2H3. The molecule has 0 aliphatic heterocycles. The Morgan fingerprint density at radius 3 is 1.72 bits per heavy atom. The molecular formula is C14H13FO3. The average molecular weight is 248 g/mol. The molecule has 0 N–H and O–H groups in total. The maximum absolute atomic E-state index is 12.8. The molecule has 2 rings (SSSR count). The third-order valence-corrected chi connectivity index (χ3v) is 2.37. The van der Waals surface area contributed by atoms with E-state index < -0.39 is 0 Å². The van der Waals surface area contributed by atoms with Crippen molar-refractivity contribution in [2.24, 2.45) is 0 Å². The lowest BCUT2D eigenvalue weighted by Crippen LogP contribution is -1.90. The highest BCUT2D eigenvalue weighted by atomic mass is 19.1. The minimum Gasteiger partial charge on any atom is -0.496 e. The van der Waals surface area contributed by atoms with Gasteiger partial charge in [-0.15, -0.1) is 0 Å². The highest BCUT2D eigenvalue weighted by molar-refractivity contribution is 5.43. The molecule has 0 bridgehead atoms. The zero-order chi connectivity index (χ0) is 13.0. The first kappa shape index (κ1) is 12.2. The molecule has 0 aromatic heterocycles. The Bertz CT molecular complexity index is 501. The smallest absolute Gasteiger partial charge is 0.134 e. The Labute approximate surface area is 105 Å². The van der Waals surface area contributed by atoms with Crippen molar-refractivity contribution in [1.82, 2.24) is 0 Å². The van der Waals surface area contributed by atoms with Crippen molar-refractivity contribution in [3.05, 3.63) is 48.3 Å². The summed E-state index contributed by atoms with van der Waals surface area (Å²) in [5.74, 6) is 2.08. The monoisotopic (exact) mass is 248 g/mol. The van der Waals surface area contributed by atoms with Gasteiger partial charge >= 0.3 is 0 Å². The summed E-state index contributed by atoms with van der Waals surface area (Å²) in [4.78, 5) is 0. The highest BCUT2D eigenvalue weighted by Crippen LogP contribution is 2.30. The van der Waals surface area contributed by atoms with Crippen LogP contribution in [0.2, 0.25) is 0 Å². The Morgan fingerprint density at radius 2 is 1.22 bits per heavy atom. The lowest BCUT2D eigenvalue weighted by Gasteiger charge is -2.09. The molecule has 0 aliphatic rings. The molecule has 0 saturated carbocycles. The molecule has 0 fully saturated rings. The topological polar surface area (TPSA) is 27.7 Å². The molecule has 0 amide bonds. The van der Waals surface area contributed by atoms with E-state index in [0.717, 1.165) is 0 Å². The van der Waals surface area contributed by atoms with E-state index in [-0.39, 0.29) is 5.82 Å². The highest BCUT2D eigenvalue weighted by Gasteiger charge is 2.04. The third kappa shape index (κ3) is 2.91. The molecule has 2 aromatic carbocycles. The largest absolute Gasteiger partial charge is 0.496 e. The normalized spacial score (nSPS) is 9.94. The van der Waals surface area contributed by atoms with E-state index in [1.165, 1.54) is 12.1 Å². The van der Waals surface area contributed by atoms with Crippen molar-refractivity contribution in [2.45, 2.75) is 0 Å². The Balaban J connectivity index is 2.25. The lowest BCUT2D eigenvalue weighted by molar-refractivity contribution is 0.386. The summed E-state index contributed by atoms with van der Waals surface area (Å²) in [6.45, 7) is 0. The molecule has 0 saturated heterocycles. The minimum atomic E-state index is -0.300. The second-order valence-electron chi connectivity index (χ2n) is 3.60. The third-order valence-electron chi connectivity index (χ3n) is 2.37. The summed E-state index contributed by atoms with van der Waals surface area (Å²) < 4.78 is 28.6. The SMILES string of the molecule is COc1cc(OC)cc(Oc2ccc(F)cc2)c1. The van der Waals surface area contributed by atoms with Crippen LogP contribution in [0.3, 0.4) is 0 Å². The number of hydrogen-bond acceptors (Lipinski definition) is 3. The summed E-state index contributed by atoms with van der Waals surface area (Å²) in [6.07, 6.45) is 0. The van der Waals surface area contributed by atoms with Gasteiger partial charge in [-0.25, -0.2) is 4.39 Å². The van der Waals surface area contributed by atoms with E-state index >= 15 is 0 Å². The van der Waals surface area contributed by atoms with Crippen LogP contribution in [0.5, 0.6) is 23.0 Å². The van der Waals surface area contributed by atoms with Gasteiger partial charge in [-0.2, -0.15) is 0 Å². The van der Waals surface area contributed by atoms with Gasteiger partial charge in [0.2, 0.25) is 0 Å². The van der Waals surface area contributed by atoms with Gasteiger partial charge in [0, 0.05) is 18.2 Å². The van der Waals surface area contributed by atoms with Crippen molar-refractivity contribution in [3.63, 3.8) is 0 Å². The van der Waals surface area contributed by atoms with Gasteiger partial charge in [-0.3, -0.25) is 0 Å². The summed E-state index contributed by atoms with van der Waals surface area (Å²) in [5, 5.41) is 0.